The van der Waals surface area contributed by atoms with Crippen molar-refractivity contribution in [3.05, 3.63) is 23.8 Å². The van der Waals surface area contributed by atoms with Crippen molar-refractivity contribution in [1.29, 1.82) is 0 Å². The Morgan fingerprint density at radius 1 is 1.36 bits per heavy atom. The molecule has 3 rings (SSSR count). The maximum absolute atomic E-state index is 12.5. The van der Waals surface area contributed by atoms with Crippen molar-refractivity contribution >= 4 is 5.91 Å². The molecule has 0 aromatic carbocycles. The van der Waals surface area contributed by atoms with E-state index in [4.69, 9.17) is 4.74 Å². The van der Waals surface area contributed by atoms with Crippen LogP contribution in [0.4, 0.5) is 0 Å². The summed E-state index contributed by atoms with van der Waals surface area (Å²) in [5.74, 6) is 1.37. The highest BCUT2D eigenvalue weighted by atomic mass is 16.5. The standard InChI is InChI=1S/C16H24N4O2/c1-13-17-5-4-15(18-13)14-3-2-6-20(11-14)16(21)12-19-7-9-22-10-8-19/h4-5,14H,2-3,6-12H2,1H3/t14-/m0/s1. The van der Waals surface area contributed by atoms with Crippen molar-refractivity contribution in [3.8, 4) is 0 Å². The molecule has 0 saturated carbocycles. The SMILES string of the molecule is Cc1nccc([C@H]2CCCN(C(=O)CN3CCOCC3)C2)n1. The largest absolute Gasteiger partial charge is 0.379 e. The first-order chi connectivity index (χ1) is 10.7. The van der Waals surface area contributed by atoms with E-state index < -0.39 is 0 Å². The van der Waals surface area contributed by atoms with Crippen LogP contribution in [0.3, 0.4) is 0 Å². The number of amides is 1. The van der Waals surface area contributed by atoms with Gasteiger partial charge in [0.05, 0.1) is 19.8 Å². The lowest BCUT2D eigenvalue weighted by Crippen LogP contribution is -2.47. The van der Waals surface area contributed by atoms with Crippen molar-refractivity contribution in [2.45, 2.75) is 25.7 Å². The molecule has 6 nitrogen and oxygen atoms in total. The fourth-order valence-electron chi connectivity index (χ4n) is 3.20. The van der Waals surface area contributed by atoms with E-state index >= 15 is 0 Å². The van der Waals surface area contributed by atoms with Crippen LogP contribution in [-0.4, -0.2) is 71.6 Å². The average Bonchev–Trinajstić information content (AvgIpc) is 2.56. The summed E-state index contributed by atoms with van der Waals surface area (Å²) in [7, 11) is 0. The summed E-state index contributed by atoms with van der Waals surface area (Å²) >= 11 is 0. The molecule has 120 valence electrons. The molecule has 22 heavy (non-hydrogen) atoms. The molecule has 1 amide bonds. The molecule has 0 bridgehead atoms. The minimum Gasteiger partial charge on any atom is -0.379 e. The van der Waals surface area contributed by atoms with Gasteiger partial charge < -0.3 is 9.64 Å². The van der Waals surface area contributed by atoms with E-state index in [2.05, 4.69) is 14.9 Å². The van der Waals surface area contributed by atoms with E-state index in [9.17, 15) is 4.79 Å². The van der Waals surface area contributed by atoms with Crippen molar-refractivity contribution in [1.82, 2.24) is 19.8 Å². The van der Waals surface area contributed by atoms with Gasteiger partial charge in [-0.25, -0.2) is 9.97 Å². The van der Waals surface area contributed by atoms with Crippen LogP contribution >= 0.6 is 0 Å². The number of carbonyl (C=O) groups is 1. The maximum atomic E-state index is 12.5. The fourth-order valence-corrected chi connectivity index (χ4v) is 3.20. The van der Waals surface area contributed by atoms with Crippen LogP contribution in [0.15, 0.2) is 12.3 Å². The van der Waals surface area contributed by atoms with E-state index in [1.165, 1.54) is 0 Å². The van der Waals surface area contributed by atoms with Gasteiger partial charge in [-0.2, -0.15) is 0 Å². The van der Waals surface area contributed by atoms with Gasteiger partial charge in [0.2, 0.25) is 5.91 Å². The number of nitrogens with zero attached hydrogens (tertiary/aromatic N) is 4. The minimum atomic E-state index is 0.234. The highest BCUT2D eigenvalue weighted by molar-refractivity contribution is 5.78. The smallest absolute Gasteiger partial charge is 0.236 e. The number of aromatic nitrogens is 2. The number of hydrogen-bond donors (Lipinski definition) is 0. The summed E-state index contributed by atoms with van der Waals surface area (Å²) in [4.78, 5) is 25.4. The van der Waals surface area contributed by atoms with Crippen LogP contribution in [0.25, 0.3) is 0 Å². The number of piperidine rings is 1. The third-order valence-electron chi connectivity index (χ3n) is 4.45. The Bertz CT molecular complexity index is 517. The molecular weight excluding hydrogens is 280 g/mol. The summed E-state index contributed by atoms with van der Waals surface area (Å²) in [5.41, 5.74) is 1.07. The third kappa shape index (κ3) is 3.81. The molecular formula is C16H24N4O2. The van der Waals surface area contributed by atoms with Gasteiger partial charge in [-0.05, 0) is 25.8 Å². The number of rotatable bonds is 3. The number of likely N-dealkylation sites (tertiary alicyclic amines) is 1. The third-order valence-corrected chi connectivity index (χ3v) is 4.45. The van der Waals surface area contributed by atoms with E-state index in [0.29, 0.717) is 12.5 Å². The molecule has 3 heterocycles. The second kappa shape index (κ2) is 7.15. The Kier molecular flexibility index (Phi) is 5.00. The lowest BCUT2D eigenvalue weighted by molar-refractivity contribution is -0.134. The number of carbonyl (C=O) groups excluding carboxylic acids is 1. The van der Waals surface area contributed by atoms with E-state index in [0.717, 1.165) is 63.8 Å². The molecule has 1 atom stereocenters. The first kappa shape index (κ1) is 15.4. The maximum Gasteiger partial charge on any atom is 0.236 e. The summed E-state index contributed by atoms with van der Waals surface area (Å²) in [6.07, 6.45) is 3.95. The lowest BCUT2D eigenvalue weighted by atomic mass is 9.94. The first-order valence-electron chi connectivity index (χ1n) is 8.10. The van der Waals surface area contributed by atoms with Gasteiger partial charge in [0.25, 0.3) is 0 Å². The van der Waals surface area contributed by atoms with Crippen LogP contribution < -0.4 is 0 Å². The van der Waals surface area contributed by atoms with Gasteiger partial charge in [-0.15, -0.1) is 0 Å². The molecule has 1 aromatic heterocycles. The summed E-state index contributed by atoms with van der Waals surface area (Å²) < 4.78 is 5.33. The number of ether oxygens (including phenoxy) is 1. The molecule has 1 aromatic rings. The van der Waals surface area contributed by atoms with Gasteiger partial charge in [-0.1, -0.05) is 0 Å². The zero-order valence-corrected chi connectivity index (χ0v) is 13.2. The zero-order valence-electron chi connectivity index (χ0n) is 13.2. The van der Waals surface area contributed by atoms with Crippen molar-refractivity contribution < 1.29 is 9.53 Å². The highest BCUT2D eigenvalue weighted by Crippen LogP contribution is 2.25. The normalized spacial score (nSPS) is 23.5. The Balaban J connectivity index is 1.58. The van der Waals surface area contributed by atoms with E-state index in [1.54, 1.807) is 0 Å². The Labute approximate surface area is 131 Å². The zero-order chi connectivity index (χ0) is 15.4. The molecule has 0 unspecified atom stereocenters. The van der Waals surface area contributed by atoms with Crippen LogP contribution in [0.1, 0.15) is 30.3 Å². The minimum absolute atomic E-state index is 0.234. The van der Waals surface area contributed by atoms with Crippen LogP contribution in [0, 0.1) is 6.92 Å². The van der Waals surface area contributed by atoms with Crippen molar-refractivity contribution in [2.75, 3.05) is 45.9 Å². The van der Waals surface area contributed by atoms with E-state index in [-0.39, 0.29) is 5.91 Å². The molecule has 2 saturated heterocycles. The van der Waals surface area contributed by atoms with Gasteiger partial charge in [0, 0.05) is 44.0 Å². The van der Waals surface area contributed by atoms with Crippen molar-refractivity contribution in [3.63, 3.8) is 0 Å². The monoisotopic (exact) mass is 304 g/mol. The van der Waals surface area contributed by atoms with Crippen LogP contribution in [0.2, 0.25) is 0 Å². The molecule has 0 spiro atoms. The second-order valence-electron chi connectivity index (χ2n) is 6.10. The lowest BCUT2D eigenvalue weighted by Gasteiger charge is -2.34. The molecule has 2 aliphatic heterocycles. The highest BCUT2D eigenvalue weighted by Gasteiger charge is 2.27. The predicted molar refractivity (Wildman–Crippen MR) is 82.6 cm³/mol. The summed E-state index contributed by atoms with van der Waals surface area (Å²) in [6.45, 7) is 7.24. The summed E-state index contributed by atoms with van der Waals surface area (Å²) in [6, 6.07) is 1.98. The topological polar surface area (TPSA) is 58.6 Å². The number of morpholine rings is 1. The van der Waals surface area contributed by atoms with Gasteiger partial charge in [0.15, 0.2) is 0 Å². The fraction of sp³-hybridized carbons (Fsp3) is 0.688. The first-order valence-corrected chi connectivity index (χ1v) is 8.10. The Morgan fingerprint density at radius 2 is 2.18 bits per heavy atom. The predicted octanol–water partition coefficient (Wildman–Crippen LogP) is 0.823. The second-order valence-corrected chi connectivity index (χ2v) is 6.10. The molecule has 0 radical (unpaired) electrons. The van der Waals surface area contributed by atoms with Crippen molar-refractivity contribution in [2.24, 2.45) is 0 Å². The van der Waals surface area contributed by atoms with Gasteiger partial charge in [-0.3, -0.25) is 9.69 Å². The number of aryl methyl sites for hydroxylation is 1. The van der Waals surface area contributed by atoms with Gasteiger partial charge >= 0.3 is 0 Å². The van der Waals surface area contributed by atoms with Gasteiger partial charge in [0.1, 0.15) is 5.82 Å². The molecule has 6 heteroatoms. The molecule has 0 aliphatic carbocycles. The Morgan fingerprint density at radius 3 is 2.95 bits per heavy atom. The quantitative estimate of drug-likeness (QED) is 0.827. The van der Waals surface area contributed by atoms with E-state index in [1.807, 2.05) is 24.1 Å². The molecule has 2 aliphatic rings. The molecule has 0 N–H and O–H groups in total. The molecule has 2 fully saturated rings. The number of hydrogen-bond acceptors (Lipinski definition) is 5. The van der Waals surface area contributed by atoms with Crippen LogP contribution in [-0.2, 0) is 9.53 Å². The van der Waals surface area contributed by atoms with Crippen LogP contribution in [0.5, 0.6) is 0 Å². The average molecular weight is 304 g/mol. The summed E-state index contributed by atoms with van der Waals surface area (Å²) in [5, 5.41) is 0. The Hall–Kier alpha value is -1.53.